The summed E-state index contributed by atoms with van der Waals surface area (Å²) >= 11 is 6.37. The Balaban J connectivity index is 3.21. The number of aromatic hydroxyl groups is 1. The molecule has 1 aromatic carbocycles. The second-order valence-electron chi connectivity index (χ2n) is 2.03. The summed E-state index contributed by atoms with van der Waals surface area (Å²) in [5, 5.41) is 9.46. The highest BCUT2D eigenvalue weighted by Crippen LogP contribution is 2.26. The molecule has 1 N–H and O–H groups in total. The van der Waals surface area contributed by atoms with Crippen LogP contribution < -0.4 is 0 Å². The van der Waals surface area contributed by atoms with Gasteiger partial charge in [0.25, 0.3) is 0 Å². The molecule has 0 aliphatic heterocycles. The van der Waals surface area contributed by atoms with Gasteiger partial charge in [-0.2, -0.15) is 0 Å². The number of hydrogen-bond donors (Lipinski definition) is 1. The van der Waals surface area contributed by atoms with Crippen LogP contribution >= 0.6 is 31.9 Å². The highest BCUT2D eigenvalue weighted by molar-refractivity contribution is 9.10. The lowest BCUT2D eigenvalue weighted by Crippen LogP contribution is -1.83. The molecule has 0 saturated carbocycles. The Hall–Kier alpha value is -0.0900. The molecule has 0 amide bonds. The lowest BCUT2D eigenvalue weighted by atomic mass is 10.2. The van der Waals surface area contributed by atoms with Crippen LogP contribution in [0.2, 0.25) is 0 Å². The Morgan fingerprint density at radius 1 is 1.45 bits per heavy atom. The van der Waals surface area contributed by atoms with E-state index in [4.69, 9.17) is 5.11 Å². The molecule has 0 unspecified atom stereocenters. The Bertz CT molecular complexity index is 275. The molecule has 0 fully saturated rings. The van der Waals surface area contributed by atoms with Gasteiger partial charge in [0.05, 0.1) is 0 Å². The van der Waals surface area contributed by atoms with E-state index in [9.17, 15) is 4.39 Å². The van der Waals surface area contributed by atoms with Gasteiger partial charge in [-0.1, -0.05) is 31.9 Å². The van der Waals surface area contributed by atoms with Crippen LogP contribution in [0.15, 0.2) is 16.6 Å². The van der Waals surface area contributed by atoms with E-state index >= 15 is 0 Å². The molecule has 1 nitrogen and oxygen atoms in total. The third-order valence-electron chi connectivity index (χ3n) is 1.26. The average molecular weight is 284 g/mol. The van der Waals surface area contributed by atoms with E-state index in [1.807, 2.05) is 0 Å². The molecule has 0 radical (unpaired) electrons. The third kappa shape index (κ3) is 1.93. The molecule has 1 rings (SSSR count). The maximum Gasteiger partial charge on any atom is 0.165 e. The zero-order valence-corrected chi connectivity index (χ0v) is 8.61. The van der Waals surface area contributed by atoms with Gasteiger partial charge in [0, 0.05) is 9.80 Å². The van der Waals surface area contributed by atoms with E-state index < -0.39 is 5.82 Å². The summed E-state index contributed by atoms with van der Waals surface area (Å²) < 4.78 is 13.4. The van der Waals surface area contributed by atoms with E-state index in [1.165, 1.54) is 12.1 Å². The number of phenolic OH excluding ortho intramolecular Hbond substituents is 1. The Morgan fingerprint density at radius 2 is 2.09 bits per heavy atom. The van der Waals surface area contributed by atoms with Gasteiger partial charge in [-0.25, -0.2) is 4.39 Å². The van der Waals surface area contributed by atoms with Gasteiger partial charge in [0.2, 0.25) is 0 Å². The topological polar surface area (TPSA) is 20.2 Å². The molecule has 4 heteroatoms. The Labute approximate surface area is 80.5 Å². The van der Waals surface area contributed by atoms with E-state index in [1.54, 1.807) is 0 Å². The first-order chi connectivity index (χ1) is 5.15. The first-order valence-electron chi connectivity index (χ1n) is 2.88. The van der Waals surface area contributed by atoms with Crippen molar-refractivity contribution in [3.8, 4) is 5.75 Å². The number of hydrogen-bond acceptors (Lipinski definition) is 1. The Kier molecular flexibility index (Phi) is 2.90. The predicted octanol–water partition coefficient (Wildman–Crippen LogP) is 3.19. The van der Waals surface area contributed by atoms with Crippen LogP contribution in [0.3, 0.4) is 0 Å². The van der Waals surface area contributed by atoms with Crippen LogP contribution in [0.4, 0.5) is 4.39 Å². The highest BCUT2D eigenvalue weighted by Gasteiger charge is 2.05. The minimum Gasteiger partial charge on any atom is -0.505 e. The number of halogens is 3. The Morgan fingerprint density at radius 3 is 2.64 bits per heavy atom. The molecule has 0 spiro atoms. The smallest absolute Gasteiger partial charge is 0.165 e. The van der Waals surface area contributed by atoms with Gasteiger partial charge in [0.15, 0.2) is 11.6 Å². The monoisotopic (exact) mass is 282 g/mol. The number of rotatable bonds is 1. The fraction of sp³-hybridized carbons (Fsp3) is 0.143. The van der Waals surface area contributed by atoms with Crippen molar-refractivity contribution in [3.63, 3.8) is 0 Å². The first kappa shape index (κ1) is 9.00. The van der Waals surface area contributed by atoms with Gasteiger partial charge in [-0.05, 0) is 17.7 Å². The lowest BCUT2D eigenvalue weighted by molar-refractivity contribution is 0.431. The highest BCUT2D eigenvalue weighted by atomic mass is 79.9. The maximum atomic E-state index is 12.7. The largest absolute Gasteiger partial charge is 0.505 e. The van der Waals surface area contributed by atoms with E-state index in [0.717, 1.165) is 5.56 Å². The first-order valence-corrected chi connectivity index (χ1v) is 4.79. The van der Waals surface area contributed by atoms with Crippen LogP contribution in [0.25, 0.3) is 0 Å². The summed E-state index contributed by atoms with van der Waals surface area (Å²) in [5.41, 5.74) is 0.778. The number of benzene rings is 1. The van der Waals surface area contributed by atoms with Crippen LogP contribution in [0, 0.1) is 5.82 Å². The van der Waals surface area contributed by atoms with E-state index in [0.29, 0.717) is 9.80 Å². The van der Waals surface area contributed by atoms with Crippen molar-refractivity contribution >= 4 is 31.9 Å². The second kappa shape index (κ2) is 3.54. The molecule has 0 aliphatic carbocycles. The quantitative estimate of drug-likeness (QED) is 0.785. The minimum absolute atomic E-state index is 0.332. The van der Waals surface area contributed by atoms with Crippen molar-refractivity contribution in [1.29, 1.82) is 0 Å². The molecule has 60 valence electrons. The number of phenols is 1. The zero-order valence-electron chi connectivity index (χ0n) is 5.44. The predicted molar refractivity (Wildman–Crippen MR) is 48.4 cm³/mol. The fourth-order valence-corrected chi connectivity index (χ4v) is 1.99. The molecule has 0 bridgehead atoms. The summed E-state index contributed by atoms with van der Waals surface area (Å²) in [5.74, 6) is -0.927. The normalized spacial score (nSPS) is 10.1. The molecule has 11 heavy (non-hydrogen) atoms. The van der Waals surface area contributed by atoms with Crippen LogP contribution in [-0.2, 0) is 5.33 Å². The van der Waals surface area contributed by atoms with Crippen molar-refractivity contribution in [2.45, 2.75) is 5.33 Å². The molecular formula is C7H5Br2FO. The van der Waals surface area contributed by atoms with Crippen LogP contribution in [0.1, 0.15) is 5.56 Å². The van der Waals surface area contributed by atoms with E-state index in [-0.39, 0.29) is 5.75 Å². The maximum absolute atomic E-state index is 12.7. The van der Waals surface area contributed by atoms with Crippen molar-refractivity contribution in [2.24, 2.45) is 0 Å². The molecular weight excluding hydrogens is 279 g/mol. The van der Waals surface area contributed by atoms with Gasteiger partial charge >= 0.3 is 0 Å². The summed E-state index contributed by atoms with van der Waals surface area (Å²) in [6.45, 7) is 0. The average Bonchev–Trinajstić information content (AvgIpc) is 1.97. The molecule has 0 aliphatic rings. The van der Waals surface area contributed by atoms with Crippen molar-refractivity contribution < 1.29 is 9.50 Å². The fourth-order valence-electron chi connectivity index (χ4n) is 0.680. The molecule has 0 atom stereocenters. The van der Waals surface area contributed by atoms with Crippen molar-refractivity contribution in [1.82, 2.24) is 0 Å². The van der Waals surface area contributed by atoms with Crippen LogP contribution in [-0.4, -0.2) is 5.11 Å². The summed E-state index contributed by atoms with van der Waals surface area (Å²) in [4.78, 5) is 0. The standard InChI is InChI=1S/C7H5Br2FO/c8-3-4-1-6(10)7(11)2-5(4)9/h1-2,11H,3H2. The van der Waals surface area contributed by atoms with Gasteiger partial charge < -0.3 is 5.11 Å². The molecule has 0 saturated heterocycles. The summed E-state index contributed by atoms with van der Waals surface area (Å²) in [6, 6.07) is 2.63. The number of alkyl halides is 1. The molecule has 0 aromatic heterocycles. The third-order valence-corrected chi connectivity index (χ3v) is 2.60. The van der Waals surface area contributed by atoms with Crippen molar-refractivity contribution in [2.75, 3.05) is 0 Å². The van der Waals surface area contributed by atoms with Crippen LogP contribution in [0.5, 0.6) is 5.75 Å². The molecule has 0 heterocycles. The van der Waals surface area contributed by atoms with Gasteiger partial charge in [0.1, 0.15) is 0 Å². The van der Waals surface area contributed by atoms with E-state index in [2.05, 4.69) is 31.9 Å². The zero-order chi connectivity index (χ0) is 8.43. The van der Waals surface area contributed by atoms with Crippen molar-refractivity contribution in [3.05, 3.63) is 28.0 Å². The second-order valence-corrected chi connectivity index (χ2v) is 3.44. The summed E-state index contributed by atoms with van der Waals surface area (Å²) in [7, 11) is 0. The summed E-state index contributed by atoms with van der Waals surface area (Å²) in [6.07, 6.45) is 0. The van der Waals surface area contributed by atoms with Gasteiger partial charge in [-0.15, -0.1) is 0 Å². The minimum atomic E-state index is -0.595. The molecule has 1 aromatic rings. The lowest BCUT2D eigenvalue weighted by Gasteiger charge is -2.01. The van der Waals surface area contributed by atoms with Gasteiger partial charge in [-0.3, -0.25) is 0 Å². The SMILES string of the molecule is Oc1cc(Br)c(CBr)cc1F.